The smallest absolute Gasteiger partial charge is 0.225 e. The molecule has 0 spiro atoms. The fourth-order valence-electron chi connectivity index (χ4n) is 3.01. The van der Waals surface area contributed by atoms with Crippen molar-refractivity contribution in [1.29, 1.82) is 0 Å². The van der Waals surface area contributed by atoms with Crippen LogP contribution in [-0.2, 0) is 16.1 Å². The van der Waals surface area contributed by atoms with Gasteiger partial charge < -0.3 is 10.1 Å². The molecular formula is C15H20N2O2. The van der Waals surface area contributed by atoms with Gasteiger partial charge in [0, 0.05) is 6.04 Å². The summed E-state index contributed by atoms with van der Waals surface area (Å²) in [4.78, 5) is 11.7. The second kappa shape index (κ2) is 5.72. The van der Waals surface area contributed by atoms with Crippen molar-refractivity contribution >= 4 is 5.91 Å². The third-order valence-corrected chi connectivity index (χ3v) is 4.09. The largest absolute Gasteiger partial charge is 0.373 e. The molecule has 1 aromatic rings. The second-order valence-corrected chi connectivity index (χ2v) is 5.37. The number of carbonyl (C=O) groups excluding carboxylic acids is 1. The molecule has 3 rings (SSSR count). The molecule has 1 amide bonds. The number of nitrogens with one attached hydrogen (secondary N) is 2. The van der Waals surface area contributed by atoms with E-state index < -0.39 is 0 Å². The fraction of sp³-hybridized carbons (Fsp3) is 0.533. The van der Waals surface area contributed by atoms with Gasteiger partial charge in [0.25, 0.3) is 0 Å². The molecule has 102 valence electrons. The van der Waals surface area contributed by atoms with E-state index in [0.717, 1.165) is 19.3 Å². The molecule has 1 aromatic carbocycles. The molecule has 3 unspecified atom stereocenters. The predicted molar refractivity (Wildman–Crippen MR) is 72.3 cm³/mol. The molecule has 1 heterocycles. The minimum Gasteiger partial charge on any atom is -0.373 e. The van der Waals surface area contributed by atoms with E-state index in [1.807, 2.05) is 18.2 Å². The molecule has 1 aliphatic heterocycles. The normalized spacial score (nSPS) is 30.5. The Morgan fingerprint density at radius 2 is 2.05 bits per heavy atom. The highest BCUT2D eigenvalue weighted by Gasteiger charge is 2.37. The summed E-state index contributed by atoms with van der Waals surface area (Å²) in [5.74, 6) is 0.329. The van der Waals surface area contributed by atoms with Crippen LogP contribution in [0.2, 0.25) is 0 Å². The lowest BCUT2D eigenvalue weighted by Gasteiger charge is -2.39. The molecule has 4 heteroatoms. The summed E-state index contributed by atoms with van der Waals surface area (Å²) >= 11 is 0. The molecular weight excluding hydrogens is 240 g/mol. The van der Waals surface area contributed by atoms with Crippen molar-refractivity contribution in [2.45, 2.75) is 38.0 Å². The molecule has 3 atom stereocenters. The lowest BCUT2D eigenvalue weighted by molar-refractivity contribution is -0.131. The molecule has 1 aliphatic carbocycles. The molecule has 2 N–H and O–H groups in total. The third-order valence-electron chi connectivity index (χ3n) is 4.09. The maximum Gasteiger partial charge on any atom is 0.225 e. The lowest BCUT2D eigenvalue weighted by atomic mass is 9.81. The first-order valence-corrected chi connectivity index (χ1v) is 6.99. The van der Waals surface area contributed by atoms with E-state index in [1.54, 1.807) is 0 Å². The number of hydrogen-bond acceptors (Lipinski definition) is 3. The second-order valence-electron chi connectivity index (χ2n) is 5.37. The average molecular weight is 260 g/mol. The van der Waals surface area contributed by atoms with Gasteiger partial charge in [-0.1, -0.05) is 30.3 Å². The van der Waals surface area contributed by atoms with Crippen LogP contribution in [0.25, 0.3) is 0 Å². The Bertz CT molecular complexity index is 435. The third kappa shape index (κ3) is 2.96. The molecule has 0 aromatic heterocycles. The Hall–Kier alpha value is -1.39. The summed E-state index contributed by atoms with van der Waals surface area (Å²) in [5.41, 5.74) is 1.21. The van der Waals surface area contributed by atoms with Crippen molar-refractivity contribution < 1.29 is 9.53 Å². The van der Waals surface area contributed by atoms with E-state index in [-0.39, 0.29) is 24.0 Å². The fourth-order valence-corrected chi connectivity index (χ4v) is 3.01. The van der Waals surface area contributed by atoms with E-state index in [9.17, 15) is 4.79 Å². The molecule has 0 bridgehead atoms. The van der Waals surface area contributed by atoms with Crippen molar-refractivity contribution in [3.05, 3.63) is 35.9 Å². The quantitative estimate of drug-likeness (QED) is 0.864. The molecule has 2 aliphatic rings. The van der Waals surface area contributed by atoms with Gasteiger partial charge in [0.05, 0.1) is 25.3 Å². The van der Waals surface area contributed by atoms with E-state index in [1.165, 1.54) is 5.56 Å². The van der Waals surface area contributed by atoms with Gasteiger partial charge in [-0.3, -0.25) is 10.1 Å². The van der Waals surface area contributed by atoms with Crippen LogP contribution in [0.1, 0.15) is 24.8 Å². The number of benzene rings is 1. The van der Waals surface area contributed by atoms with Gasteiger partial charge in [0.2, 0.25) is 5.91 Å². The van der Waals surface area contributed by atoms with Crippen molar-refractivity contribution in [3.63, 3.8) is 0 Å². The monoisotopic (exact) mass is 260 g/mol. The zero-order valence-corrected chi connectivity index (χ0v) is 11.0. The van der Waals surface area contributed by atoms with Crippen molar-refractivity contribution in [2.75, 3.05) is 6.67 Å². The van der Waals surface area contributed by atoms with E-state index in [0.29, 0.717) is 13.3 Å². The highest BCUT2D eigenvalue weighted by atomic mass is 16.5. The summed E-state index contributed by atoms with van der Waals surface area (Å²) < 4.78 is 5.98. The average Bonchev–Trinajstić information content (AvgIpc) is 2.46. The molecule has 4 nitrogen and oxygen atoms in total. The summed E-state index contributed by atoms with van der Waals surface area (Å²) in [6, 6.07) is 10.5. The number of hydrogen-bond donors (Lipinski definition) is 2. The highest BCUT2D eigenvalue weighted by molar-refractivity contribution is 5.80. The van der Waals surface area contributed by atoms with Crippen LogP contribution in [0.15, 0.2) is 30.3 Å². The van der Waals surface area contributed by atoms with Crippen LogP contribution in [0.5, 0.6) is 0 Å². The van der Waals surface area contributed by atoms with Crippen LogP contribution < -0.4 is 10.6 Å². The highest BCUT2D eigenvalue weighted by Crippen LogP contribution is 2.28. The summed E-state index contributed by atoms with van der Waals surface area (Å²) in [6.07, 6.45) is 3.09. The maximum atomic E-state index is 11.7. The topological polar surface area (TPSA) is 50.4 Å². The first-order valence-electron chi connectivity index (χ1n) is 6.99. The standard InChI is InChI=1S/C15H20N2O2/c18-15-13-7-6-12(8-14(13)16-10-17-15)19-9-11-4-2-1-3-5-11/h1-5,12-14,16H,6-10H2,(H,17,18). The SMILES string of the molecule is O=C1NCNC2CC(OCc3ccccc3)CCC12. The van der Waals surface area contributed by atoms with Crippen LogP contribution in [-0.4, -0.2) is 24.7 Å². The maximum absolute atomic E-state index is 11.7. The van der Waals surface area contributed by atoms with Crippen molar-refractivity contribution in [1.82, 2.24) is 10.6 Å². The number of ether oxygens (including phenoxy) is 1. The molecule has 2 fully saturated rings. The Morgan fingerprint density at radius 1 is 1.21 bits per heavy atom. The zero-order chi connectivity index (χ0) is 13.1. The zero-order valence-electron chi connectivity index (χ0n) is 11.0. The number of fused-ring (bicyclic) bond motifs is 1. The van der Waals surface area contributed by atoms with Crippen LogP contribution >= 0.6 is 0 Å². The van der Waals surface area contributed by atoms with Crippen LogP contribution in [0.3, 0.4) is 0 Å². The summed E-state index contributed by atoms with van der Waals surface area (Å²) in [6.45, 7) is 1.25. The summed E-state index contributed by atoms with van der Waals surface area (Å²) in [5, 5.41) is 6.23. The Morgan fingerprint density at radius 3 is 2.89 bits per heavy atom. The van der Waals surface area contributed by atoms with Gasteiger partial charge in [0.15, 0.2) is 0 Å². The number of rotatable bonds is 3. The van der Waals surface area contributed by atoms with E-state index in [2.05, 4.69) is 22.8 Å². The van der Waals surface area contributed by atoms with E-state index >= 15 is 0 Å². The number of amides is 1. The van der Waals surface area contributed by atoms with Crippen LogP contribution in [0.4, 0.5) is 0 Å². The molecule has 1 saturated heterocycles. The van der Waals surface area contributed by atoms with Gasteiger partial charge in [-0.2, -0.15) is 0 Å². The van der Waals surface area contributed by atoms with Gasteiger partial charge in [-0.25, -0.2) is 0 Å². The van der Waals surface area contributed by atoms with Crippen molar-refractivity contribution in [2.24, 2.45) is 5.92 Å². The molecule has 1 saturated carbocycles. The number of carbonyl (C=O) groups is 1. The lowest BCUT2D eigenvalue weighted by Crippen LogP contribution is -2.57. The van der Waals surface area contributed by atoms with Gasteiger partial charge in [-0.15, -0.1) is 0 Å². The van der Waals surface area contributed by atoms with E-state index in [4.69, 9.17) is 4.74 Å². The minimum absolute atomic E-state index is 0.130. The Kier molecular flexibility index (Phi) is 3.80. The Labute approximate surface area is 113 Å². The molecule has 0 radical (unpaired) electrons. The van der Waals surface area contributed by atoms with Gasteiger partial charge in [0.1, 0.15) is 0 Å². The van der Waals surface area contributed by atoms with Gasteiger partial charge in [-0.05, 0) is 24.8 Å². The first-order chi connectivity index (χ1) is 9.33. The predicted octanol–water partition coefficient (Wildman–Crippen LogP) is 1.42. The minimum atomic E-state index is 0.130. The first kappa shape index (κ1) is 12.6. The molecule has 19 heavy (non-hydrogen) atoms. The van der Waals surface area contributed by atoms with Crippen molar-refractivity contribution in [3.8, 4) is 0 Å². The van der Waals surface area contributed by atoms with Gasteiger partial charge >= 0.3 is 0 Å². The Balaban J connectivity index is 1.52. The van der Waals surface area contributed by atoms with Crippen LogP contribution in [0, 0.1) is 5.92 Å². The summed E-state index contributed by atoms with van der Waals surface area (Å²) in [7, 11) is 0.